The molecule has 7 nitrogen and oxygen atoms in total. The van der Waals surface area contributed by atoms with Gasteiger partial charge in [0.15, 0.2) is 0 Å². The predicted molar refractivity (Wildman–Crippen MR) is 98.2 cm³/mol. The minimum Gasteiger partial charge on any atom is -0.448 e. The van der Waals surface area contributed by atoms with Crippen LogP contribution in [0.4, 0.5) is 15.8 Å². The van der Waals surface area contributed by atoms with Crippen molar-refractivity contribution >= 4 is 28.3 Å². The lowest BCUT2D eigenvalue weighted by Crippen LogP contribution is -2.23. The molecule has 0 aliphatic rings. The summed E-state index contributed by atoms with van der Waals surface area (Å²) in [5.74, 6) is -0.211. The molecule has 1 amide bonds. The zero-order valence-corrected chi connectivity index (χ0v) is 14.4. The molecule has 0 spiro atoms. The molecule has 0 aliphatic carbocycles. The van der Waals surface area contributed by atoms with Crippen LogP contribution in [0.25, 0.3) is 11.0 Å². The van der Waals surface area contributed by atoms with Crippen molar-refractivity contribution < 1.29 is 13.6 Å². The number of H-pyrrole nitrogens is 1. The molecule has 4 rings (SSSR count). The average Bonchev–Trinajstić information content (AvgIpc) is 3.30. The van der Waals surface area contributed by atoms with Crippen molar-refractivity contribution in [2.45, 2.75) is 13.5 Å². The van der Waals surface area contributed by atoms with Gasteiger partial charge in [-0.1, -0.05) is 6.07 Å². The number of fused-ring (bicyclic) bond motifs is 1. The molecule has 8 heteroatoms. The number of pyridine rings is 1. The van der Waals surface area contributed by atoms with E-state index < -0.39 is 11.7 Å². The van der Waals surface area contributed by atoms with E-state index in [2.05, 4.69) is 25.6 Å². The minimum atomic E-state index is -0.447. The van der Waals surface area contributed by atoms with Crippen LogP contribution in [0, 0.1) is 12.7 Å². The molecule has 0 unspecified atom stereocenters. The first kappa shape index (κ1) is 16.8. The van der Waals surface area contributed by atoms with Gasteiger partial charge in [0, 0.05) is 24.8 Å². The van der Waals surface area contributed by atoms with Crippen molar-refractivity contribution in [2.24, 2.45) is 0 Å². The number of halogens is 1. The number of imidazole rings is 1. The van der Waals surface area contributed by atoms with Gasteiger partial charge in [0.1, 0.15) is 22.9 Å². The van der Waals surface area contributed by atoms with Gasteiger partial charge in [-0.05, 0) is 30.7 Å². The number of aromatic amines is 1. The molecular formula is C19H16FN5O2. The normalized spacial score (nSPS) is 10.9. The number of furan rings is 1. The zero-order valence-electron chi connectivity index (χ0n) is 14.4. The van der Waals surface area contributed by atoms with Gasteiger partial charge < -0.3 is 20.0 Å². The van der Waals surface area contributed by atoms with Crippen LogP contribution in [-0.4, -0.2) is 20.9 Å². The Hall–Kier alpha value is -3.68. The van der Waals surface area contributed by atoms with Crippen LogP contribution in [-0.2, 0) is 6.54 Å². The van der Waals surface area contributed by atoms with Gasteiger partial charge in [-0.3, -0.25) is 9.78 Å². The summed E-state index contributed by atoms with van der Waals surface area (Å²) in [5.41, 5.74) is 1.88. The molecule has 136 valence electrons. The number of anilines is 2. The number of carbonyl (C=O) groups excluding carboxylic acids is 1. The lowest BCUT2D eigenvalue weighted by Gasteiger charge is -2.09. The van der Waals surface area contributed by atoms with Gasteiger partial charge in [0.05, 0.1) is 17.6 Å². The number of hydrogen-bond donors (Lipinski definition) is 3. The first-order chi connectivity index (χ1) is 13.1. The lowest BCUT2D eigenvalue weighted by molar-refractivity contribution is 0.0925. The fourth-order valence-electron chi connectivity index (χ4n) is 2.72. The molecule has 0 fully saturated rings. The number of carbonyl (C=O) groups is 1. The van der Waals surface area contributed by atoms with Crippen LogP contribution in [0.5, 0.6) is 0 Å². The highest BCUT2D eigenvalue weighted by Gasteiger charge is 2.22. The van der Waals surface area contributed by atoms with Gasteiger partial charge in [-0.25, -0.2) is 9.37 Å². The number of benzene rings is 1. The minimum absolute atomic E-state index is 0.0459. The molecule has 0 saturated heterocycles. The molecule has 3 heterocycles. The first-order valence-electron chi connectivity index (χ1n) is 8.28. The number of nitrogens with zero attached hydrogens (tertiary/aromatic N) is 2. The maximum atomic E-state index is 14.3. The van der Waals surface area contributed by atoms with Crippen LogP contribution in [0.15, 0.2) is 53.5 Å². The molecule has 1 aromatic carbocycles. The van der Waals surface area contributed by atoms with Crippen molar-refractivity contribution in [3.8, 4) is 0 Å². The van der Waals surface area contributed by atoms with E-state index in [9.17, 15) is 9.18 Å². The van der Waals surface area contributed by atoms with Crippen LogP contribution >= 0.6 is 0 Å². The number of rotatable bonds is 5. The maximum Gasteiger partial charge on any atom is 0.289 e. The summed E-state index contributed by atoms with van der Waals surface area (Å²) < 4.78 is 20.0. The van der Waals surface area contributed by atoms with E-state index in [4.69, 9.17) is 4.42 Å². The summed E-state index contributed by atoms with van der Waals surface area (Å²) in [6, 6.07) is 6.46. The van der Waals surface area contributed by atoms with E-state index in [0.717, 1.165) is 5.56 Å². The quantitative estimate of drug-likeness (QED) is 0.501. The molecule has 0 bridgehead atoms. The second-order valence-corrected chi connectivity index (χ2v) is 6.00. The highest BCUT2D eigenvalue weighted by Crippen LogP contribution is 2.33. The Morgan fingerprint density at radius 2 is 2.19 bits per heavy atom. The van der Waals surface area contributed by atoms with Crippen molar-refractivity contribution in [2.75, 3.05) is 5.32 Å². The van der Waals surface area contributed by atoms with Crippen LogP contribution in [0.2, 0.25) is 0 Å². The summed E-state index contributed by atoms with van der Waals surface area (Å²) >= 11 is 0. The Balaban J connectivity index is 1.69. The molecule has 3 N–H and O–H groups in total. The van der Waals surface area contributed by atoms with Crippen LogP contribution < -0.4 is 10.6 Å². The largest absolute Gasteiger partial charge is 0.448 e. The van der Waals surface area contributed by atoms with Gasteiger partial charge >= 0.3 is 0 Å². The molecule has 3 aromatic heterocycles. The Morgan fingerprint density at radius 3 is 2.96 bits per heavy atom. The number of aromatic nitrogens is 3. The average molecular weight is 365 g/mol. The van der Waals surface area contributed by atoms with Crippen molar-refractivity contribution in [3.05, 3.63) is 72.0 Å². The van der Waals surface area contributed by atoms with E-state index >= 15 is 0 Å². The van der Waals surface area contributed by atoms with Crippen molar-refractivity contribution in [1.82, 2.24) is 20.3 Å². The van der Waals surface area contributed by atoms with Crippen LogP contribution in [0.1, 0.15) is 21.9 Å². The first-order valence-corrected chi connectivity index (χ1v) is 8.28. The Kier molecular flexibility index (Phi) is 4.29. The van der Waals surface area contributed by atoms with E-state index in [0.29, 0.717) is 22.5 Å². The highest BCUT2D eigenvalue weighted by atomic mass is 19.1. The fourth-order valence-corrected chi connectivity index (χ4v) is 2.72. The van der Waals surface area contributed by atoms with Crippen LogP contribution in [0.3, 0.4) is 0 Å². The summed E-state index contributed by atoms with van der Waals surface area (Å²) in [7, 11) is 0. The number of hydrogen-bond acceptors (Lipinski definition) is 5. The zero-order chi connectivity index (χ0) is 18.8. The Morgan fingerprint density at radius 1 is 1.30 bits per heavy atom. The van der Waals surface area contributed by atoms with E-state index in [-0.39, 0.29) is 18.0 Å². The second kappa shape index (κ2) is 6.91. The van der Waals surface area contributed by atoms with Gasteiger partial charge in [-0.15, -0.1) is 0 Å². The topological polar surface area (TPSA) is 95.8 Å². The molecule has 0 radical (unpaired) electrons. The number of nitrogens with one attached hydrogen (secondary N) is 3. The second-order valence-electron chi connectivity index (χ2n) is 6.00. The third-order valence-corrected chi connectivity index (χ3v) is 4.05. The standard InChI is InChI=1S/C19H16FN5O2/c1-11-2-3-14(13(20)8-11)25-17-12-9-21-5-4-15(12)27-18(17)19(26)24-10-16-22-6-7-23-16/h2-9,25H,10H2,1H3,(H,22,23)(H,24,26). The van der Waals surface area contributed by atoms with E-state index in [1.54, 1.807) is 49.9 Å². The SMILES string of the molecule is Cc1ccc(Nc2c(C(=O)NCc3ncc[nH]3)oc3ccncc23)c(F)c1. The number of aryl methyl sites for hydroxylation is 1. The molecule has 4 aromatic rings. The van der Waals surface area contributed by atoms with Gasteiger partial charge in [0.25, 0.3) is 5.91 Å². The predicted octanol–water partition coefficient (Wildman–Crippen LogP) is 3.67. The Labute approximate surface area is 153 Å². The monoisotopic (exact) mass is 365 g/mol. The molecular weight excluding hydrogens is 349 g/mol. The number of amides is 1. The highest BCUT2D eigenvalue weighted by molar-refractivity contribution is 6.07. The van der Waals surface area contributed by atoms with Gasteiger partial charge in [0.2, 0.25) is 5.76 Å². The van der Waals surface area contributed by atoms with Crippen molar-refractivity contribution in [3.63, 3.8) is 0 Å². The molecule has 0 saturated carbocycles. The molecule has 27 heavy (non-hydrogen) atoms. The molecule has 0 atom stereocenters. The smallest absolute Gasteiger partial charge is 0.289 e. The van der Waals surface area contributed by atoms with Gasteiger partial charge in [-0.2, -0.15) is 0 Å². The summed E-state index contributed by atoms with van der Waals surface area (Å²) in [5, 5.41) is 6.29. The summed E-state index contributed by atoms with van der Waals surface area (Å²) in [6.45, 7) is 2.01. The third kappa shape index (κ3) is 3.37. The van der Waals surface area contributed by atoms with Crippen molar-refractivity contribution in [1.29, 1.82) is 0 Å². The fraction of sp³-hybridized carbons (Fsp3) is 0.105. The third-order valence-electron chi connectivity index (χ3n) is 4.05. The van der Waals surface area contributed by atoms with E-state index in [1.165, 1.54) is 6.07 Å². The van der Waals surface area contributed by atoms with E-state index in [1.807, 2.05) is 0 Å². The maximum absolute atomic E-state index is 14.3. The molecule has 0 aliphatic heterocycles. The summed E-state index contributed by atoms with van der Waals surface area (Å²) in [4.78, 5) is 23.7. The summed E-state index contributed by atoms with van der Waals surface area (Å²) in [6.07, 6.45) is 6.40. The lowest BCUT2D eigenvalue weighted by atomic mass is 10.2. The Bertz CT molecular complexity index is 1100.